The van der Waals surface area contributed by atoms with Crippen molar-refractivity contribution in [3.05, 3.63) is 29.3 Å². The van der Waals surface area contributed by atoms with Gasteiger partial charge < -0.3 is 4.90 Å². The Morgan fingerprint density at radius 3 is 2.68 bits per heavy atom. The molecule has 0 radical (unpaired) electrons. The summed E-state index contributed by atoms with van der Waals surface area (Å²) >= 11 is 6.05. The van der Waals surface area contributed by atoms with E-state index in [1.54, 1.807) is 0 Å². The topological polar surface area (TPSA) is 20.3 Å². The summed E-state index contributed by atoms with van der Waals surface area (Å²) in [7, 11) is 0. The lowest BCUT2D eigenvalue weighted by molar-refractivity contribution is -0.121. The Morgan fingerprint density at radius 1 is 1.42 bits per heavy atom. The number of hydrogen-bond acceptors (Lipinski definition) is 1. The van der Waals surface area contributed by atoms with Crippen molar-refractivity contribution < 1.29 is 4.79 Å². The van der Waals surface area contributed by atoms with Crippen molar-refractivity contribution in [2.75, 3.05) is 4.90 Å². The number of carbonyl (C=O) groups excluding carboxylic acids is 1. The molecule has 1 aromatic rings. The molecule has 1 aliphatic heterocycles. The van der Waals surface area contributed by atoms with Crippen molar-refractivity contribution in [1.29, 1.82) is 0 Å². The predicted octanol–water partition coefficient (Wildman–Crippen LogP) is 3.79. The molecule has 19 heavy (non-hydrogen) atoms. The van der Waals surface area contributed by atoms with Crippen LogP contribution in [0.3, 0.4) is 0 Å². The van der Waals surface area contributed by atoms with Crippen molar-refractivity contribution in [3.63, 3.8) is 0 Å². The molecule has 1 aromatic carbocycles. The summed E-state index contributed by atoms with van der Waals surface area (Å²) in [6.07, 6.45) is 1.82. The predicted molar refractivity (Wildman–Crippen MR) is 81.0 cm³/mol. The third-order valence-electron chi connectivity index (χ3n) is 3.61. The molecule has 2 rings (SSSR count). The maximum absolute atomic E-state index is 12.3. The Hall–Kier alpha value is -1.02. The Balaban J connectivity index is 2.30. The minimum Gasteiger partial charge on any atom is -0.309 e. The summed E-state index contributed by atoms with van der Waals surface area (Å²) in [6.45, 7) is 8.03. The number of hydrogen-bond donors (Lipinski definition) is 0. The van der Waals surface area contributed by atoms with E-state index in [0.29, 0.717) is 0 Å². The van der Waals surface area contributed by atoms with Crippen LogP contribution in [0.2, 0.25) is 0 Å². The van der Waals surface area contributed by atoms with Crippen LogP contribution in [0.5, 0.6) is 0 Å². The van der Waals surface area contributed by atoms with Crippen molar-refractivity contribution >= 4 is 23.2 Å². The van der Waals surface area contributed by atoms with E-state index in [0.717, 1.165) is 18.5 Å². The van der Waals surface area contributed by atoms with E-state index in [9.17, 15) is 4.79 Å². The molecule has 1 aliphatic rings. The lowest BCUT2D eigenvalue weighted by atomic mass is 10.0. The summed E-state index contributed by atoms with van der Waals surface area (Å²) in [5.41, 5.74) is 3.61. The molecule has 0 bridgehead atoms. The highest BCUT2D eigenvalue weighted by molar-refractivity contribution is 6.20. The van der Waals surface area contributed by atoms with Gasteiger partial charge in [0.15, 0.2) is 0 Å². The molecule has 0 N–H and O–H groups in total. The fourth-order valence-electron chi connectivity index (χ4n) is 2.75. The average molecular weight is 280 g/mol. The van der Waals surface area contributed by atoms with E-state index in [2.05, 4.69) is 25.1 Å². The molecule has 0 fully saturated rings. The fraction of sp³-hybridized carbons (Fsp3) is 0.562. The Bertz CT molecular complexity index is 482. The Kier molecular flexibility index (Phi) is 4.19. The second kappa shape index (κ2) is 5.54. The van der Waals surface area contributed by atoms with Crippen LogP contribution in [-0.2, 0) is 17.6 Å². The molecule has 0 spiro atoms. The van der Waals surface area contributed by atoms with Crippen LogP contribution < -0.4 is 4.90 Å². The normalized spacial score (nSPS) is 19.7. The van der Waals surface area contributed by atoms with E-state index in [-0.39, 0.29) is 23.2 Å². The summed E-state index contributed by atoms with van der Waals surface area (Å²) in [5.74, 6) is 0.251. The third-order valence-corrected chi connectivity index (χ3v) is 3.76. The number of benzene rings is 1. The van der Waals surface area contributed by atoms with E-state index in [4.69, 9.17) is 11.6 Å². The maximum Gasteiger partial charge on any atom is 0.229 e. The molecule has 3 heteroatoms. The standard InChI is InChI=1S/C16H22ClNO/c1-10(2)16(19)18-12(4)8-14-9-13(7-11(3)17)5-6-15(14)18/h5-6,9-12H,7-8H2,1-4H3. The van der Waals surface area contributed by atoms with Crippen LogP contribution in [0.15, 0.2) is 18.2 Å². The van der Waals surface area contributed by atoms with Crippen LogP contribution >= 0.6 is 11.6 Å². The SMILES string of the molecule is CC(Cl)Cc1ccc2c(c1)CC(C)N2C(=O)C(C)C. The summed E-state index contributed by atoms with van der Waals surface area (Å²) in [5, 5.41) is 0.144. The molecule has 0 saturated heterocycles. The third kappa shape index (κ3) is 2.94. The zero-order valence-corrected chi connectivity index (χ0v) is 12.9. The second-order valence-electron chi connectivity index (χ2n) is 5.86. The smallest absolute Gasteiger partial charge is 0.229 e. The van der Waals surface area contributed by atoms with Gasteiger partial charge >= 0.3 is 0 Å². The van der Waals surface area contributed by atoms with Crippen LogP contribution in [0.4, 0.5) is 5.69 Å². The van der Waals surface area contributed by atoms with Gasteiger partial charge in [-0.2, -0.15) is 0 Å². The lowest BCUT2D eigenvalue weighted by Gasteiger charge is -2.24. The first-order valence-corrected chi connectivity index (χ1v) is 7.42. The number of nitrogens with zero attached hydrogens (tertiary/aromatic N) is 1. The van der Waals surface area contributed by atoms with Gasteiger partial charge in [0.25, 0.3) is 0 Å². The molecule has 2 unspecified atom stereocenters. The van der Waals surface area contributed by atoms with E-state index < -0.39 is 0 Å². The zero-order chi connectivity index (χ0) is 14.2. The molecule has 1 amide bonds. The fourth-order valence-corrected chi connectivity index (χ4v) is 2.93. The number of halogens is 1. The molecule has 2 nitrogen and oxygen atoms in total. The van der Waals surface area contributed by atoms with E-state index in [1.807, 2.05) is 25.7 Å². The Labute approximate surface area is 120 Å². The van der Waals surface area contributed by atoms with Crippen LogP contribution in [-0.4, -0.2) is 17.3 Å². The largest absolute Gasteiger partial charge is 0.309 e. The maximum atomic E-state index is 12.3. The molecular formula is C16H22ClNO. The van der Waals surface area contributed by atoms with Gasteiger partial charge in [0, 0.05) is 23.0 Å². The van der Waals surface area contributed by atoms with Gasteiger partial charge in [-0.05, 0) is 43.9 Å². The highest BCUT2D eigenvalue weighted by Gasteiger charge is 2.31. The highest BCUT2D eigenvalue weighted by Crippen LogP contribution is 2.34. The highest BCUT2D eigenvalue weighted by atomic mass is 35.5. The first-order chi connectivity index (χ1) is 8.90. The van der Waals surface area contributed by atoms with Gasteiger partial charge in [0.05, 0.1) is 0 Å². The quantitative estimate of drug-likeness (QED) is 0.771. The van der Waals surface area contributed by atoms with E-state index in [1.165, 1.54) is 11.1 Å². The number of fused-ring (bicyclic) bond motifs is 1. The molecule has 0 aromatic heterocycles. The number of amides is 1. The van der Waals surface area contributed by atoms with Gasteiger partial charge in [-0.15, -0.1) is 11.6 Å². The minimum atomic E-state index is 0.0379. The lowest BCUT2D eigenvalue weighted by Crippen LogP contribution is -2.38. The van der Waals surface area contributed by atoms with Crippen molar-refractivity contribution in [2.24, 2.45) is 5.92 Å². The van der Waals surface area contributed by atoms with Crippen LogP contribution in [0.1, 0.15) is 38.8 Å². The first kappa shape index (κ1) is 14.4. The van der Waals surface area contributed by atoms with Gasteiger partial charge in [0.2, 0.25) is 5.91 Å². The number of rotatable bonds is 3. The van der Waals surface area contributed by atoms with Gasteiger partial charge in [0.1, 0.15) is 0 Å². The number of anilines is 1. The van der Waals surface area contributed by atoms with Gasteiger partial charge in [-0.1, -0.05) is 26.0 Å². The minimum absolute atomic E-state index is 0.0379. The summed E-state index contributed by atoms with van der Waals surface area (Å²) in [4.78, 5) is 14.2. The summed E-state index contributed by atoms with van der Waals surface area (Å²) in [6, 6.07) is 6.64. The monoisotopic (exact) mass is 279 g/mol. The first-order valence-electron chi connectivity index (χ1n) is 6.99. The van der Waals surface area contributed by atoms with Crippen molar-refractivity contribution in [2.45, 2.75) is 52.0 Å². The number of carbonyl (C=O) groups is 1. The molecule has 0 aliphatic carbocycles. The van der Waals surface area contributed by atoms with Crippen molar-refractivity contribution in [1.82, 2.24) is 0 Å². The van der Waals surface area contributed by atoms with Crippen LogP contribution in [0.25, 0.3) is 0 Å². The second-order valence-corrected chi connectivity index (χ2v) is 6.61. The molecule has 2 atom stereocenters. The van der Waals surface area contributed by atoms with Gasteiger partial charge in [-0.3, -0.25) is 4.79 Å². The van der Waals surface area contributed by atoms with E-state index >= 15 is 0 Å². The molecule has 1 heterocycles. The zero-order valence-electron chi connectivity index (χ0n) is 12.1. The molecule has 104 valence electrons. The van der Waals surface area contributed by atoms with Crippen LogP contribution in [0, 0.1) is 5.92 Å². The summed E-state index contributed by atoms with van der Waals surface area (Å²) < 4.78 is 0. The Morgan fingerprint density at radius 2 is 2.11 bits per heavy atom. The van der Waals surface area contributed by atoms with Gasteiger partial charge in [-0.25, -0.2) is 0 Å². The average Bonchev–Trinajstić information content (AvgIpc) is 2.62. The number of alkyl halides is 1. The molecule has 0 saturated carbocycles. The molecular weight excluding hydrogens is 258 g/mol. The van der Waals surface area contributed by atoms with Crippen molar-refractivity contribution in [3.8, 4) is 0 Å².